The minimum atomic E-state index is -5.07. The first kappa shape index (κ1) is 51.3. The second kappa shape index (κ2) is 22.2. The highest BCUT2D eigenvalue weighted by Crippen LogP contribution is 2.30. The Morgan fingerprint density at radius 2 is 1.51 bits per heavy atom. The number of sulfonamides is 1. The van der Waals surface area contributed by atoms with E-state index in [1.54, 1.807) is 22.2 Å². The van der Waals surface area contributed by atoms with Gasteiger partial charge >= 0.3 is 12.1 Å². The summed E-state index contributed by atoms with van der Waals surface area (Å²) in [4.78, 5) is 71.0. The van der Waals surface area contributed by atoms with Crippen LogP contribution in [0.4, 0.5) is 13.2 Å². The van der Waals surface area contributed by atoms with Crippen molar-refractivity contribution in [3.63, 3.8) is 0 Å². The molecule has 3 N–H and O–H groups in total. The molecule has 336 valence electrons. The van der Waals surface area contributed by atoms with Gasteiger partial charge < -0.3 is 29.9 Å². The number of carbonyl (C=O) groups is 5. The summed E-state index contributed by atoms with van der Waals surface area (Å²) in [5.41, 5.74) is 0.194. The Balaban J connectivity index is 2.25. The van der Waals surface area contributed by atoms with E-state index in [4.69, 9.17) is 9.47 Å². The van der Waals surface area contributed by atoms with E-state index in [0.29, 0.717) is 25.8 Å². The van der Waals surface area contributed by atoms with E-state index in [0.717, 1.165) is 12.1 Å². The second-order valence-electron chi connectivity index (χ2n) is 16.3. The van der Waals surface area contributed by atoms with Crippen LogP contribution in [-0.2, 0) is 50.0 Å². The molecular weight excluding hydrogens is 798 g/mol. The number of likely N-dealkylation sites (tertiary alicyclic amines) is 1. The molecule has 2 rings (SSSR count). The third kappa shape index (κ3) is 13.6. The molecule has 0 aromatic heterocycles. The molecule has 1 saturated heterocycles. The Morgan fingerprint density at radius 1 is 0.915 bits per heavy atom. The second-order valence-corrected chi connectivity index (χ2v) is 17.9. The van der Waals surface area contributed by atoms with Crippen molar-refractivity contribution >= 4 is 39.6 Å². The predicted octanol–water partition coefficient (Wildman–Crippen LogP) is 3.32. The zero-order valence-corrected chi connectivity index (χ0v) is 37.2. The Hall–Kier alpha value is -3.81. The van der Waals surface area contributed by atoms with Crippen LogP contribution < -0.4 is 15.4 Å². The SMILES string of the molecule is CC[C@H](C)[C@@H]([C@@H](CC(=O)N1CCC[C@H]1[C@H](OC)[C@@H](C)C(=O)NS(=O)(=O)c1ccc(CNC(=O)C(F)(F)F)cc1)OC)N(C)C(=O)C(NC(=O)[C@H](C(C)C)N(C)C)C(C)C. The van der Waals surface area contributed by atoms with E-state index in [-0.39, 0.29) is 52.4 Å². The number of methoxy groups -OCH3 is 2. The number of carbonyl (C=O) groups excluding carboxylic acids is 5. The van der Waals surface area contributed by atoms with Crippen molar-refractivity contribution in [2.75, 3.05) is 41.9 Å². The molecule has 1 fully saturated rings. The van der Waals surface area contributed by atoms with Gasteiger partial charge in [-0.15, -0.1) is 0 Å². The van der Waals surface area contributed by atoms with Crippen molar-refractivity contribution in [2.24, 2.45) is 23.7 Å². The fourth-order valence-corrected chi connectivity index (χ4v) is 8.83. The highest BCUT2D eigenvalue weighted by Gasteiger charge is 2.44. The summed E-state index contributed by atoms with van der Waals surface area (Å²) in [5, 5.41) is 4.68. The maximum atomic E-state index is 14.2. The summed E-state index contributed by atoms with van der Waals surface area (Å²) in [6, 6.07) is 2.15. The molecule has 0 saturated carbocycles. The van der Waals surface area contributed by atoms with E-state index >= 15 is 0 Å². The number of hydrogen-bond acceptors (Lipinski definition) is 10. The normalized spacial score (nSPS) is 18.5. The number of alkyl halides is 3. The number of amides is 5. The van der Waals surface area contributed by atoms with Crippen LogP contribution in [-0.4, -0.2) is 137 Å². The molecule has 0 aliphatic carbocycles. The van der Waals surface area contributed by atoms with E-state index in [1.807, 2.05) is 65.3 Å². The Morgan fingerprint density at radius 3 is 1.98 bits per heavy atom. The zero-order valence-electron chi connectivity index (χ0n) is 36.4. The number of nitrogens with zero attached hydrogens (tertiary/aromatic N) is 3. The van der Waals surface area contributed by atoms with Gasteiger partial charge in [-0.2, -0.15) is 13.2 Å². The first-order valence-electron chi connectivity index (χ1n) is 19.9. The quantitative estimate of drug-likeness (QED) is 0.166. The molecule has 0 radical (unpaired) electrons. The standard InChI is InChI=1S/C40H65F3N6O9S/c1-13-25(6)34(48(10)38(53)32(23(2)3)45-37(52)33(24(4)5)47(8)9)30(57-11)21-31(50)49-20-14-15-29(49)35(58-12)26(7)36(51)46-59(55,56)28-18-16-27(17-19-28)22-44-39(54)40(41,42)43/h16-19,23-26,29-30,32-35H,13-15,20-22H2,1-12H3,(H,44,54)(H,45,52)(H,46,51)/t25-,26+,29-,30+,32?,33-,34-,35+/m0/s1. The molecule has 1 aliphatic rings. The highest BCUT2D eigenvalue weighted by molar-refractivity contribution is 7.90. The number of benzene rings is 1. The lowest BCUT2D eigenvalue weighted by Gasteiger charge is -2.41. The van der Waals surface area contributed by atoms with Gasteiger partial charge in [0.1, 0.15) is 6.04 Å². The maximum absolute atomic E-state index is 14.2. The average molecular weight is 863 g/mol. The van der Waals surface area contributed by atoms with E-state index < -0.39 is 76.9 Å². The Labute approximate surface area is 347 Å². The fraction of sp³-hybridized carbons (Fsp3) is 0.725. The van der Waals surface area contributed by atoms with Crippen molar-refractivity contribution in [1.82, 2.24) is 30.1 Å². The molecule has 59 heavy (non-hydrogen) atoms. The number of hydrogen-bond donors (Lipinski definition) is 3. The van der Waals surface area contributed by atoms with E-state index in [1.165, 1.54) is 33.3 Å². The summed E-state index contributed by atoms with van der Waals surface area (Å²) in [7, 11) is 3.69. The van der Waals surface area contributed by atoms with E-state index in [9.17, 15) is 45.6 Å². The Kier molecular flexibility index (Phi) is 19.3. The van der Waals surface area contributed by atoms with Gasteiger partial charge in [-0.1, -0.05) is 67.0 Å². The van der Waals surface area contributed by atoms with Crippen molar-refractivity contribution in [1.29, 1.82) is 0 Å². The molecule has 15 nitrogen and oxygen atoms in total. The molecule has 1 aromatic carbocycles. The first-order chi connectivity index (χ1) is 27.3. The number of likely N-dealkylation sites (N-methyl/N-ethyl adjacent to an activating group) is 2. The fourth-order valence-electron chi connectivity index (χ4n) is 7.76. The number of ether oxygens (including phenoxy) is 2. The van der Waals surface area contributed by atoms with Gasteiger partial charge in [-0.25, -0.2) is 13.1 Å². The van der Waals surface area contributed by atoms with Gasteiger partial charge in [0.2, 0.25) is 23.6 Å². The predicted molar refractivity (Wildman–Crippen MR) is 215 cm³/mol. The monoisotopic (exact) mass is 862 g/mol. The molecule has 19 heteroatoms. The molecule has 0 spiro atoms. The number of halogens is 3. The van der Waals surface area contributed by atoms with Crippen molar-refractivity contribution in [3.05, 3.63) is 29.8 Å². The largest absolute Gasteiger partial charge is 0.471 e. The van der Waals surface area contributed by atoms with Crippen LogP contribution in [0.15, 0.2) is 29.2 Å². The van der Waals surface area contributed by atoms with Crippen LogP contribution in [0.1, 0.15) is 79.7 Å². The van der Waals surface area contributed by atoms with Crippen LogP contribution >= 0.6 is 0 Å². The summed E-state index contributed by atoms with van der Waals surface area (Å²) in [5.74, 6) is -5.35. The van der Waals surface area contributed by atoms with Crippen LogP contribution in [0.3, 0.4) is 0 Å². The van der Waals surface area contributed by atoms with E-state index in [2.05, 4.69) is 5.32 Å². The lowest BCUT2D eigenvalue weighted by molar-refractivity contribution is -0.173. The van der Waals surface area contributed by atoms with Gasteiger partial charge in [0.05, 0.1) is 47.6 Å². The van der Waals surface area contributed by atoms with Crippen LogP contribution in [0.25, 0.3) is 0 Å². The first-order valence-corrected chi connectivity index (χ1v) is 21.4. The molecule has 0 bridgehead atoms. The topological polar surface area (TPSA) is 184 Å². The summed E-state index contributed by atoms with van der Waals surface area (Å²) in [6.07, 6.45) is -5.15. The summed E-state index contributed by atoms with van der Waals surface area (Å²) >= 11 is 0. The van der Waals surface area contributed by atoms with Crippen LogP contribution in [0.5, 0.6) is 0 Å². The number of rotatable bonds is 21. The molecular formula is C40H65F3N6O9S. The smallest absolute Gasteiger partial charge is 0.379 e. The van der Waals surface area contributed by atoms with Gasteiger partial charge in [-0.05, 0) is 62.4 Å². The minimum Gasteiger partial charge on any atom is -0.379 e. The minimum absolute atomic E-state index is 0.00621. The molecule has 1 aliphatic heterocycles. The van der Waals surface area contributed by atoms with Crippen LogP contribution in [0, 0.1) is 23.7 Å². The van der Waals surface area contributed by atoms with Gasteiger partial charge in [0.25, 0.3) is 10.0 Å². The highest BCUT2D eigenvalue weighted by atomic mass is 32.2. The molecule has 1 unspecified atom stereocenters. The number of nitrogens with one attached hydrogen (secondary N) is 3. The van der Waals surface area contributed by atoms with Crippen molar-refractivity contribution < 1.29 is 55.0 Å². The van der Waals surface area contributed by atoms with Gasteiger partial charge in [-0.3, -0.25) is 28.9 Å². The maximum Gasteiger partial charge on any atom is 0.471 e. The third-order valence-electron chi connectivity index (χ3n) is 11.1. The Bertz CT molecular complexity index is 1690. The van der Waals surface area contributed by atoms with Gasteiger partial charge in [0.15, 0.2) is 0 Å². The van der Waals surface area contributed by atoms with Crippen molar-refractivity contribution in [3.8, 4) is 0 Å². The molecule has 5 amide bonds. The summed E-state index contributed by atoms with van der Waals surface area (Å²) in [6.45, 7) is 12.9. The third-order valence-corrected chi connectivity index (χ3v) is 12.5. The molecule has 1 heterocycles. The molecule has 1 aromatic rings. The van der Waals surface area contributed by atoms with Crippen molar-refractivity contribution in [2.45, 2.75) is 128 Å². The zero-order chi connectivity index (χ0) is 45.2. The lowest BCUT2D eigenvalue weighted by atomic mass is 9.89. The average Bonchev–Trinajstić information content (AvgIpc) is 3.64. The summed E-state index contributed by atoms with van der Waals surface area (Å²) < 4.78 is 77.6. The lowest BCUT2D eigenvalue weighted by Crippen LogP contribution is -2.59. The molecule has 8 atom stereocenters. The van der Waals surface area contributed by atoms with Crippen LogP contribution in [0.2, 0.25) is 0 Å². The van der Waals surface area contributed by atoms with Gasteiger partial charge in [0, 0.05) is 34.4 Å².